The van der Waals surface area contributed by atoms with Gasteiger partial charge in [0.05, 0.1) is 6.61 Å². The quantitative estimate of drug-likeness (QED) is 0.776. The van der Waals surface area contributed by atoms with E-state index in [9.17, 15) is 4.79 Å². The highest BCUT2D eigenvalue weighted by Crippen LogP contribution is 2.25. The number of hydrogen-bond acceptors (Lipinski definition) is 3. The van der Waals surface area contributed by atoms with Crippen molar-refractivity contribution in [3.63, 3.8) is 0 Å². The number of rotatable bonds is 6. The van der Waals surface area contributed by atoms with Gasteiger partial charge in [-0.3, -0.25) is 4.79 Å². The molecule has 0 atom stereocenters. The van der Waals surface area contributed by atoms with Crippen molar-refractivity contribution in [3.8, 4) is 5.75 Å². The summed E-state index contributed by atoms with van der Waals surface area (Å²) in [6.45, 7) is 0.759. The van der Waals surface area contributed by atoms with Crippen molar-refractivity contribution >= 4 is 5.78 Å². The van der Waals surface area contributed by atoms with Crippen LogP contribution in [0, 0.1) is 5.92 Å². The lowest BCUT2D eigenvalue weighted by Crippen LogP contribution is -2.19. The second kappa shape index (κ2) is 6.55. The normalized spacial score (nSPS) is 15.8. The van der Waals surface area contributed by atoms with Crippen LogP contribution in [-0.4, -0.2) is 19.5 Å². The number of ether oxygens (including phenoxy) is 2. The van der Waals surface area contributed by atoms with Gasteiger partial charge in [0.2, 0.25) is 0 Å². The average molecular weight is 248 g/mol. The number of Topliss-reactive ketones (excluding diaryl/α,β-unsaturated/α-hetero) is 1. The highest BCUT2D eigenvalue weighted by atomic mass is 16.5. The molecule has 0 aromatic heterocycles. The molecular formula is C15H20O3. The molecule has 0 heterocycles. The first-order chi connectivity index (χ1) is 8.79. The second-order valence-electron chi connectivity index (χ2n) is 4.82. The van der Waals surface area contributed by atoms with E-state index in [0.29, 0.717) is 6.61 Å². The van der Waals surface area contributed by atoms with Crippen molar-refractivity contribution in [2.24, 2.45) is 5.92 Å². The third-order valence-corrected chi connectivity index (χ3v) is 3.40. The molecule has 0 unspecified atom stereocenters. The minimum atomic E-state index is 0.196. The molecule has 1 fully saturated rings. The van der Waals surface area contributed by atoms with E-state index in [4.69, 9.17) is 9.47 Å². The van der Waals surface area contributed by atoms with Gasteiger partial charge in [-0.1, -0.05) is 25.0 Å². The average Bonchev–Trinajstić information content (AvgIpc) is 2.91. The van der Waals surface area contributed by atoms with Gasteiger partial charge in [0.15, 0.2) is 5.78 Å². The van der Waals surface area contributed by atoms with Gasteiger partial charge in [0.25, 0.3) is 0 Å². The molecule has 3 heteroatoms. The summed E-state index contributed by atoms with van der Waals surface area (Å²) in [4.78, 5) is 11.9. The van der Waals surface area contributed by atoms with E-state index in [1.165, 1.54) is 12.8 Å². The highest BCUT2D eigenvalue weighted by Gasteiger charge is 2.22. The Balaban J connectivity index is 1.85. The Hall–Kier alpha value is -1.35. The van der Waals surface area contributed by atoms with Crippen molar-refractivity contribution in [2.45, 2.75) is 32.3 Å². The second-order valence-corrected chi connectivity index (χ2v) is 4.82. The summed E-state index contributed by atoms with van der Waals surface area (Å²) < 4.78 is 10.6. The summed E-state index contributed by atoms with van der Waals surface area (Å²) >= 11 is 0. The Bertz CT molecular complexity index is 394. The predicted molar refractivity (Wildman–Crippen MR) is 69.6 cm³/mol. The first-order valence-electron chi connectivity index (χ1n) is 6.53. The van der Waals surface area contributed by atoms with Crippen molar-refractivity contribution in [1.82, 2.24) is 0 Å². The predicted octanol–water partition coefficient (Wildman–Crippen LogP) is 2.97. The molecule has 2 rings (SSSR count). The lowest BCUT2D eigenvalue weighted by atomic mass is 10.0. The van der Waals surface area contributed by atoms with Gasteiger partial charge >= 0.3 is 0 Å². The maximum Gasteiger partial charge on any atom is 0.173 e. The molecule has 0 amide bonds. The lowest BCUT2D eigenvalue weighted by Gasteiger charge is -2.10. The molecule has 1 aromatic rings. The van der Waals surface area contributed by atoms with Crippen LogP contribution in [0.25, 0.3) is 0 Å². The molecule has 0 saturated heterocycles. The number of carbonyl (C=O) groups is 1. The minimum absolute atomic E-state index is 0.196. The molecular weight excluding hydrogens is 228 g/mol. The van der Waals surface area contributed by atoms with Crippen molar-refractivity contribution in [2.75, 3.05) is 13.7 Å². The molecule has 18 heavy (non-hydrogen) atoms. The van der Waals surface area contributed by atoms with Crippen molar-refractivity contribution in [3.05, 3.63) is 29.8 Å². The number of benzene rings is 1. The topological polar surface area (TPSA) is 35.5 Å². The number of ketones is 1. The zero-order chi connectivity index (χ0) is 12.8. The maximum absolute atomic E-state index is 11.9. The monoisotopic (exact) mass is 248 g/mol. The summed E-state index contributed by atoms with van der Waals surface area (Å²) in [5, 5.41) is 0. The summed E-state index contributed by atoms with van der Waals surface area (Å²) in [5.41, 5.74) is 1.06. The van der Waals surface area contributed by atoms with Gasteiger partial charge in [-0.05, 0) is 30.5 Å². The van der Waals surface area contributed by atoms with Crippen molar-refractivity contribution < 1.29 is 14.3 Å². The summed E-state index contributed by atoms with van der Waals surface area (Å²) in [7, 11) is 1.66. The van der Waals surface area contributed by atoms with E-state index >= 15 is 0 Å². The Morgan fingerprint density at radius 3 is 2.83 bits per heavy atom. The van der Waals surface area contributed by atoms with Crippen molar-refractivity contribution in [1.29, 1.82) is 0 Å². The number of hydrogen-bond donors (Lipinski definition) is 0. The molecule has 1 aliphatic rings. The molecule has 0 N–H and O–H groups in total. The maximum atomic E-state index is 11.9. The zero-order valence-corrected chi connectivity index (χ0v) is 10.9. The molecule has 1 aliphatic carbocycles. The van der Waals surface area contributed by atoms with Crippen LogP contribution in [0.15, 0.2) is 24.3 Å². The molecule has 98 valence electrons. The SMILES string of the molecule is COCc1cccc(OCC(=O)C2CCCC2)c1. The van der Waals surface area contributed by atoms with Gasteiger partial charge in [-0.25, -0.2) is 0 Å². The van der Waals surface area contributed by atoms with E-state index in [2.05, 4.69) is 0 Å². The van der Waals surface area contributed by atoms with E-state index in [-0.39, 0.29) is 18.3 Å². The van der Waals surface area contributed by atoms with E-state index in [1.807, 2.05) is 24.3 Å². The van der Waals surface area contributed by atoms with Crippen LogP contribution in [0.4, 0.5) is 0 Å². The van der Waals surface area contributed by atoms with Crippen LogP contribution < -0.4 is 4.74 Å². The first kappa shape index (κ1) is 13.1. The lowest BCUT2D eigenvalue weighted by molar-refractivity contribution is -0.124. The van der Waals surface area contributed by atoms with Gasteiger partial charge in [0, 0.05) is 13.0 Å². The largest absolute Gasteiger partial charge is 0.486 e. The molecule has 0 radical (unpaired) electrons. The fourth-order valence-corrected chi connectivity index (χ4v) is 2.41. The number of carbonyl (C=O) groups excluding carboxylic acids is 1. The Morgan fingerprint density at radius 2 is 2.11 bits per heavy atom. The molecule has 0 bridgehead atoms. The van der Waals surface area contributed by atoms with Crippen LogP contribution in [0.5, 0.6) is 5.75 Å². The molecule has 1 aromatic carbocycles. The van der Waals surface area contributed by atoms with E-state index < -0.39 is 0 Å². The molecule has 3 nitrogen and oxygen atoms in total. The summed E-state index contributed by atoms with van der Waals surface area (Å²) in [5.74, 6) is 1.22. The van der Waals surface area contributed by atoms with Gasteiger partial charge in [0.1, 0.15) is 12.4 Å². The van der Waals surface area contributed by atoms with E-state index in [0.717, 1.165) is 24.2 Å². The van der Waals surface area contributed by atoms with Gasteiger partial charge in [-0.15, -0.1) is 0 Å². The van der Waals surface area contributed by atoms with Crippen LogP contribution in [0.1, 0.15) is 31.2 Å². The zero-order valence-electron chi connectivity index (χ0n) is 10.9. The van der Waals surface area contributed by atoms with Gasteiger partial charge < -0.3 is 9.47 Å². The number of methoxy groups -OCH3 is 1. The Morgan fingerprint density at radius 1 is 1.33 bits per heavy atom. The molecule has 1 saturated carbocycles. The standard InChI is InChI=1S/C15H20O3/c1-17-10-12-5-4-8-14(9-12)18-11-15(16)13-6-2-3-7-13/h4-5,8-9,13H,2-3,6-7,10-11H2,1H3. The third-order valence-electron chi connectivity index (χ3n) is 3.40. The highest BCUT2D eigenvalue weighted by molar-refractivity contribution is 5.82. The molecule has 0 aliphatic heterocycles. The summed E-state index contributed by atoms with van der Waals surface area (Å²) in [6.07, 6.45) is 4.43. The summed E-state index contributed by atoms with van der Waals surface area (Å²) in [6, 6.07) is 7.70. The Kier molecular flexibility index (Phi) is 4.76. The minimum Gasteiger partial charge on any atom is -0.486 e. The Labute approximate surface area is 108 Å². The smallest absolute Gasteiger partial charge is 0.173 e. The van der Waals surface area contributed by atoms with Crippen LogP contribution in [-0.2, 0) is 16.1 Å². The van der Waals surface area contributed by atoms with Crippen LogP contribution >= 0.6 is 0 Å². The van der Waals surface area contributed by atoms with E-state index in [1.54, 1.807) is 7.11 Å². The fourth-order valence-electron chi connectivity index (χ4n) is 2.41. The van der Waals surface area contributed by atoms with Crippen LogP contribution in [0.2, 0.25) is 0 Å². The fraction of sp³-hybridized carbons (Fsp3) is 0.533. The molecule has 0 spiro atoms. The van der Waals surface area contributed by atoms with Gasteiger partial charge in [-0.2, -0.15) is 0 Å². The first-order valence-corrected chi connectivity index (χ1v) is 6.53. The van der Waals surface area contributed by atoms with Crippen LogP contribution in [0.3, 0.4) is 0 Å². The third kappa shape index (κ3) is 3.57.